The zero-order valence-corrected chi connectivity index (χ0v) is 10.8. The fraction of sp³-hybridized carbons (Fsp3) is 0.500. The number of hydrogen-bond acceptors (Lipinski definition) is 1. The molecule has 1 fully saturated rings. The van der Waals surface area contributed by atoms with Gasteiger partial charge in [0.15, 0.2) is 0 Å². The van der Waals surface area contributed by atoms with Crippen molar-refractivity contribution in [2.24, 2.45) is 17.8 Å². The Morgan fingerprint density at radius 2 is 2.22 bits per heavy atom. The van der Waals surface area contributed by atoms with Crippen LogP contribution in [0.25, 0.3) is 0 Å². The van der Waals surface area contributed by atoms with Crippen molar-refractivity contribution in [2.45, 2.75) is 32.4 Å². The topological polar surface area (TPSA) is 12.0 Å². The first-order valence-electron chi connectivity index (χ1n) is 6.88. The number of nitrogens with one attached hydrogen (secondary N) is 1. The van der Waals surface area contributed by atoms with Gasteiger partial charge in [0.25, 0.3) is 0 Å². The van der Waals surface area contributed by atoms with Crippen LogP contribution >= 0.6 is 0 Å². The molecule has 3 rings (SSSR count). The average Bonchev–Trinajstić information content (AvgIpc) is 2.98. The van der Waals surface area contributed by atoms with Gasteiger partial charge in [0, 0.05) is 12.6 Å². The fourth-order valence-corrected chi connectivity index (χ4v) is 3.48. The Bertz CT molecular complexity index is 454. The lowest BCUT2D eigenvalue weighted by molar-refractivity contribution is 0.326. The molecule has 1 aromatic carbocycles. The smallest absolute Gasteiger partial charge is 0.123 e. The molecule has 4 unspecified atom stereocenters. The molecule has 2 heteroatoms. The number of rotatable bonds is 4. The summed E-state index contributed by atoms with van der Waals surface area (Å²) in [7, 11) is 0. The molecule has 1 aromatic rings. The van der Waals surface area contributed by atoms with Crippen LogP contribution in [0.5, 0.6) is 0 Å². The Morgan fingerprint density at radius 3 is 2.89 bits per heavy atom. The maximum atomic E-state index is 13.1. The van der Waals surface area contributed by atoms with Crippen LogP contribution in [-0.4, -0.2) is 6.04 Å². The largest absolute Gasteiger partial charge is 0.310 e. The van der Waals surface area contributed by atoms with Crippen molar-refractivity contribution in [3.63, 3.8) is 0 Å². The molecule has 2 aliphatic rings. The minimum atomic E-state index is -0.148. The van der Waals surface area contributed by atoms with Gasteiger partial charge in [-0.1, -0.05) is 24.3 Å². The minimum Gasteiger partial charge on any atom is -0.310 e. The van der Waals surface area contributed by atoms with Crippen molar-refractivity contribution in [3.05, 3.63) is 47.8 Å². The molecular weight excluding hydrogens is 225 g/mol. The lowest BCUT2D eigenvalue weighted by Gasteiger charge is -2.26. The molecule has 0 heterocycles. The lowest BCUT2D eigenvalue weighted by atomic mass is 9.87. The first-order chi connectivity index (χ1) is 8.72. The zero-order valence-electron chi connectivity index (χ0n) is 10.8. The van der Waals surface area contributed by atoms with Gasteiger partial charge in [-0.15, -0.1) is 0 Å². The van der Waals surface area contributed by atoms with Crippen LogP contribution in [-0.2, 0) is 6.54 Å². The van der Waals surface area contributed by atoms with E-state index in [2.05, 4.69) is 24.4 Å². The number of hydrogen-bond donors (Lipinski definition) is 1. The molecule has 1 N–H and O–H groups in total. The number of fused-ring (bicyclic) bond motifs is 2. The molecule has 18 heavy (non-hydrogen) atoms. The van der Waals surface area contributed by atoms with E-state index in [1.165, 1.54) is 18.9 Å². The zero-order chi connectivity index (χ0) is 12.5. The van der Waals surface area contributed by atoms with Crippen molar-refractivity contribution in [1.82, 2.24) is 5.32 Å². The Morgan fingerprint density at radius 1 is 1.33 bits per heavy atom. The predicted molar refractivity (Wildman–Crippen MR) is 71.5 cm³/mol. The third-order valence-corrected chi connectivity index (χ3v) is 4.49. The second-order valence-electron chi connectivity index (χ2n) is 5.74. The Balaban J connectivity index is 1.56. The average molecular weight is 245 g/mol. The van der Waals surface area contributed by atoms with Gasteiger partial charge in [-0.05, 0) is 55.2 Å². The van der Waals surface area contributed by atoms with E-state index in [0.717, 1.165) is 29.9 Å². The normalized spacial score (nSPS) is 30.9. The highest BCUT2D eigenvalue weighted by molar-refractivity contribution is 5.16. The van der Waals surface area contributed by atoms with E-state index in [4.69, 9.17) is 0 Å². The highest BCUT2D eigenvalue weighted by Crippen LogP contribution is 2.44. The van der Waals surface area contributed by atoms with Crippen molar-refractivity contribution < 1.29 is 4.39 Å². The highest BCUT2D eigenvalue weighted by Gasteiger charge is 2.38. The predicted octanol–water partition coefficient (Wildman–Crippen LogP) is 3.52. The molecule has 1 nitrogen and oxygen atoms in total. The monoisotopic (exact) mass is 245 g/mol. The summed E-state index contributed by atoms with van der Waals surface area (Å²) in [5.41, 5.74) is 1.03. The van der Waals surface area contributed by atoms with Gasteiger partial charge in [0.1, 0.15) is 5.82 Å². The second kappa shape index (κ2) is 4.85. The van der Waals surface area contributed by atoms with Gasteiger partial charge >= 0.3 is 0 Å². The van der Waals surface area contributed by atoms with E-state index in [0.29, 0.717) is 6.04 Å². The third-order valence-electron chi connectivity index (χ3n) is 4.49. The molecule has 1 saturated carbocycles. The summed E-state index contributed by atoms with van der Waals surface area (Å²) in [6, 6.07) is 7.36. The first kappa shape index (κ1) is 11.9. The van der Waals surface area contributed by atoms with Crippen LogP contribution in [0.4, 0.5) is 4.39 Å². The molecule has 96 valence electrons. The summed E-state index contributed by atoms with van der Waals surface area (Å²) in [4.78, 5) is 0. The molecule has 4 atom stereocenters. The molecule has 2 aliphatic carbocycles. The van der Waals surface area contributed by atoms with Crippen molar-refractivity contribution in [3.8, 4) is 0 Å². The molecule has 0 aromatic heterocycles. The van der Waals surface area contributed by atoms with Gasteiger partial charge < -0.3 is 5.32 Å². The number of allylic oxidation sites excluding steroid dienone is 2. The summed E-state index contributed by atoms with van der Waals surface area (Å²) >= 11 is 0. The van der Waals surface area contributed by atoms with Gasteiger partial charge in [-0.2, -0.15) is 0 Å². The van der Waals surface area contributed by atoms with Crippen molar-refractivity contribution in [1.29, 1.82) is 0 Å². The van der Waals surface area contributed by atoms with E-state index >= 15 is 0 Å². The molecule has 0 saturated heterocycles. The van der Waals surface area contributed by atoms with Crippen LogP contribution in [0.2, 0.25) is 0 Å². The van der Waals surface area contributed by atoms with Crippen LogP contribution in [0.3, 0.4) is 0 Å². The van der Waals surface area contributed by atoms with Gasteiger partial charge in [0.05, 0.1) is 0 Å². The Kier molecular flexibility index (Phi) is 3.21. The molecule has 0 aliphatic heterocycles. The Labute approximate surface area is 108 Å². The molecule has 0 spiro atoms. The quantitative estimate of drug-likeness (QED) is 0.800. The van der Waals surface area contributed by atoms with Crippen molar-refractivity contribution in [2.75, 3.05) is 0 Å². The van der Waals surface area contributed by atoms with Gasteiger partial charge in [-0.25, -0.2) is 4.39 Å². The Hall–Kier alpha value is -1.15. The highest BCUT2D eigenvalue weighted by atomic mass is 19.1. The molecule has 0 amide bonds. The van der Waals surface area contributed by atoms with Crippen LogP contribution in [0.1, 0.15) is 25.3 Å². The van der Waals surface area contributed by atoms with Gasteiger partial charge in [-0.3, -0.25) is 0 Å². The third kappa shape index (κ3) is 2.35. The first-order valence-corrected chi connectivity index (χ1v) is 6.88. The van der Waals surface area contributed by atoms with Crippen LogP contribution in [0, 0.1) is 23.6 Å². The van der Waals surface area contributed by atoms with E-state index < -0.39 is 0 Å². The summed E-state index contributed by atoms with van der Waals surface area (Å²) in [6.45, 7) is 3.02. The summed E-state index contributed by atoms with van der Waals surface area (Å²) < 4.78 is 13.1. The molecular formula is C16H20FN. The van der Waals surface area contributed by atoms with E-state index in [1.807, 2.05) is 6.07 Å². The number of benzene rings is 1. The summed E-state index contributed by atoms with van der Waals surface area (Å²) in [6.07, 6.45) is 7.43. The van der Waals surface area contributed by atoms with Crippen LogP contribution < -0.4 is 5.32 Å². The summed E-state index contributed by atoms with van der Waals surface area (Å²) in [5.74, 6) is 2.20. The van der Waals surface area contributed by atoms with E-state index in [-0.39, 0.29) is 5.82 Å². The lowest BCUT2D eigenvalue weighted by Crippen LogP contribution is -2.35. The standard InChI is InChI=1S/C16H20FN/c1-11(16-9-12-5-6-14(16)7-12)18-10-13-3-2-4-15(17)8-13/h2-6,8,11-12,14,16,18H,7,9-10H2,1H3. The van der Waals surface area contributed by atoms with E-state index in [1.54, 1.807) is 12.1 Å². The maximum absolute atomic E-state index is 13.1. The second-order valence-corrected chi connectivity index (χ2v) is 5.74. The SMILES string of the molecule is CC(NCc1cccc(F)c1)C1CC2C=CC1C2. The number of halogens is 1. The van der Waals surface area contributed by atoms with Gasteiger partial charge in [0.2, 0.25) is 0 Å². The van der Waals surface area contributed by atoms with Crippen molar-refractivity contribution >= 4 is 0 Å². The minimum absolute atomic E-state index is 0.148. The summed E-state index contributed by atoms with van der Waals surface area (Å²) in [5, 5.41) is 3.55. The van der Waals surface area contributed by atoms with E-state index in [9.17, 15) is 4.39 Å². The molecule has 0 radical (unpaired) electrons. The van der Waals surface area contributed by atoms with Crippen LogP contribution in [0.15, 0.2) is 36.4 Å². The maximum Gasteiger partial charge on any atom is 0.123 e. The molecule has 2 bridgehead atoms. The fourth-order valence-electron chi connectivity index (χ4n) is 3.48.